The average molecular weight is 629 g/mol. The quantitative estimate of drug-likeness (QED) is 0.236. The molecule has 0 saturated carbocycles. The number of fused-ring (bicyclic) bond motifs is 1. The van der Waals surface area contributed by atoms with Crippen LogP contribution in [0.1, 0.15) is 25.0 Å². The van der Waals surface area contributed by atoms with E-state index in [1.165, 1.54) is 0 Å². The Morgan fingerprint density at radius 2 is 1.74 bits per heavy atom. The number of hydrogen-bond acceptors (Lipinski definition) is 11. The van der Waals surface area contributed by atoms with Gasteiger partial charge in [0.25, 0.3) is 0 Å². The molecular weight excluding hydrogens is 588 g/mol. The van der Waals surface area contributed by atoms with Crippen molar-refractivity contribution < 1.29 is 29.2 Å². The van der Waals surface area contributed by atoms with Gasteiger partial charge in [0.15, 0.2) is 5.65 Å². The van der Waals surface area contributed by atoms with E-state index in [0.29, 0.717) is 43.6 Å². The molecule has 3 atom stereocenters. The maximum absolute atomic E-state index is 12.1. The average Bonchev–Trinajstić information content (AvgIpc) is 3.06. The summed E-state index contributed by atoms with van der Waals surface area (Å²) < 4.78 is 17.2. The number of rotatable bonds is 10. The Hall–Kier alpha value is -4.52. The molecule has 0 amide bonds. The molecule has 0 bridgehead atoms. The molecule has 0 spiro atoms. The first-order valence-corrected chi connectivity index (χ1v) is 15.6. The number of methoxy groups -OCH3 is 1. The zero-order chi connectivity index (χ0) is 32.2. The fraction of sp³-hybridized carbons (Fsp3) is 0.412. The maximum atomic E-state index is 12.1. The number of phenolic OH excluding ortho intramolecular Hbond substituents is 1. The molecule has 2 fully saturated rings. The van der Waals surface area contributed by atoms with E-state index in [9.17, 15) is 15.0 Å². The lowest BCUT2D eigenvalue weighted by atomic mass is 10.0. The topological polar surface area (TPSA) is 142 Å². The van der Waals surface area contributed by atoms with Crippen molar-refractivity contribution in [1.82, 2.24) is 20.3 Å². The molecule has 2 aromatic heterocycles. The molecule has 2 aromatic carbocycles. The predicted molar refractivity (Wildman–Crippen MR) is 175 cm³/mol. The first-order valence-electron chi connectivity index (χ1n) is 15.6. The van der Waals surface area contributed by atoms with Crippen molar-refractivity contribution in [3.05, 3.63) is 65.7 Å². The molecule has 0 radical (unpaired) electrons. The van der Waals surface area contributed by atoms with Crippen molar-refractivity contribution in [3.8, 4) is 22.8 Å². The standard InChI is InChI=1S/C34H40N6O6/c1-21-19-40(20-22(2)46-21)34-37-31-27(32(38-34)39-12-14-45-15-13-39)9-10-28(36-31)24-6-11-30(44-3)25(17-24)18-35-29(33(42)43)16-23-4-7-26(41)8-5-23/h4-11,17,21-22,29,35,41H,12-16,18-20H2,1-3H3,(H,42,43)/t21-,22+,29?. The van der Waals surface area contributed by atoms with Crippen LogP contribution in [0.25, 0.3) is 22.3 Å². The number of aromatic hydroxyl groups is 1. The fourth-order valence-electron chi connectivity index (χ4n) is 6.07. The molecule has 12 nitrogen and oxygen atoms in total. The maximum Gasteiger partial charge on any atom is 0.321 e. The lowest BCUT2D eigenvalue weighted by molar-refractivity contribution is -0.139. The number of pyridine rings is 1. The van der Waals surface area contributed by atoms with Crippen LogP contribution < -0.4 is 19.9 Å². The number of carboxylic acid groups (broad SMARTS) is 1. The molecule has 6 rings (SSSR count). The third-order valence-corrected chi connectivity index (χ3v) is 8.33. The summed E-state index contributed by atoms with van der Waals surface area (Å²) in [6.07, 6.45) is 0.377. The smallest absolute Gasteiger partial charge is 0.321 e. The van der Waals surface area contributed by atoms with Gasteiger partial charge in [0.05, 0.1) is 43.6 Å². The number of carboxylic acids is 1. The van der Waals surface area contributed by atoms with Crippen molar-refractivity contribution in [2.45, 2.75) is 45.1 Å². The van der Waals surface area contributed by atoms with Crippen LogP contribution in [0.3, 0.4) is 0 Å². The molecule has 3 N–H and O–H groups in total. The third kappa shape index (κ3) is 7.14. The molecule has 1 unspecified atom stereocenters. The minimum absolute atomic E-state index is 0.0577. The van der Waals surface area contributed by atoms with E-state index in [0.717, 1.165) is 46.7 Å². The van der Waals surface area contributed by atoms with Crippen molar-refractivity contribution >= 4 is 28.8 Å². The van der Waals surface area contributed by atoms with Crippen LogP contribution in [-0.2, 0) is 27.2 Å². The molecule has 242 valence electrons. The number of anilines is 2. The largest absolute Gasteiger partial charge is 0.508 e. The lowest BCUT2D eigenvalue weighted by Crippen LogP contribution is -2.46. The lowest BCUT2D eigenvalue weighted by Gasteiger charge is -2.36. The summed E-state index contributed by atoms with van der Waals surface area (Å²) in [4.78, 5) is 31.5. The van der Waals surface area contributed by atoms with Gasteiger partial charge in [0.2, 0.25) is 5.95 Å². The SMILES string of the molecule is COc1ccc(-c2ccc3c(N4CCOCC4)nc(N4C[C@@H](C)O[C@@H](C)C4)nc3n2)cc1CNC(Cc1ccc(O)cc1)C(=O)O. The Morgan fingerprint density at radius 1 is 1.00 bits per heavy atom. The molecule has 12 heteroatoms. The second kappa shape index (κ2) is 13.9. The second-order valence-corrected chi connectivity index (χ2v) is 11.8. The third-order valence-electron chi connectivity index (χ3n) is 8.33. The number of benzene rings is 2. The van der Waals surface area contributed by atoms with Crippen molar-refractivity contribution in [1.29, 1.82) is 0 Å². The summed E-state index contributed by atoms with van der Waals surface area (Å²) in [5, 5.41) is 23.5. The Morgan fingerprint density at radius 3 is 2.43 bits per heavy atom. The summed E-state index contributed by atoms with van der Waals surface area (Å²) in [7, 11) is 1.59. The molecule has 2 aliphatic heterocycles. The van der Waals surface area contributed by atoms with Crippen molar-refractivity contribution in [2.75, 3.05) is 56.3 Å². The van der Waals surface area contributed by atoms with Crippen LogP contribution in [0.5, 0.6) is 11.5 Å². The van der Waals surface area contributed by atoms with Crippen LogP contribution in [-0.4, -0.2) is 95.9 Å². The van der Waals surface area contributed by atoms with E-state index in [4.69, 9.17) is 29.2 Å². The first-order chi connectivity index (χ1) is 22.3. The van der Waals surface area contributed by atoms with Crippen LogP contribution >= 0.6 is 0 Å². The Kier molecular flexibility index (Phi) is 9.48. The number of aliphatic carboxylic acids is 1. The van der Waals surface area contributed by atoms with Gasteiger partial charge in [-0.15, -0.1) is 0 Å². The van der Waals surface area contributed by atoms with Gasteiger partial charge in [0.1, 0.15) is 23.4 Å². The number of morpholine rings is 2. The number of ether oxygens (including phenoxy) is 3. The van der Waals surface area contributed by atoms with Gasteiger partial charge in [-0.25, -0.2) is 4.98 Å². The van der Waals surface area contributed by atoms with Gasteiger partial charge in [-0.3, -0.25) is 10.1 Å². The number of nitrogens with one attached hydrogen (secondary N) is 1. The van der Waals surface area contributed by atoms with E-state index in [-0.39, 0.29) is 30.9 Å². The highest BCUT2D eigenvalue weighted by Crippen LogP contribution is 2.31. The van der Waals surface area contributed by atoms with Crippen molar-refractivity contribution in [2.24, 2.45) is 0 Å². The van der Waals surface area contributed by atoms with E-state index < -0.39 is 12.0 Å². The summed E-state index contributed by atoms with van der Waals surface area (Å²) in [6.45, 7) is 8.52. The van der Waals surface area contributed by atoms with Gasteiger partial charge in [-0.2, -0.15) is 9.97 Å². The molecule has 4 heterocycles. The van der Waals surface area contributed by atoms with Crippen molar-refractivity contribution in [3.63, 3.8) is 0 Å². The van der Waals surface area contributed by atoms with Gasteiger partial charge < -0.3 is 34.2 Å². The summed E-state index contributed by atoms with van der Waals surface area (Å²) in [6, 6.07) is 15.5. The normalized spacial score (nSPS) is 19.3. The second-order valence-electron chi connectivity index (χ2n) is 11.8. The molecule has 4 aromatic rings. The molecular formula is C34H40N6O6. The molecule has 46 heavy (non-hydrogen) atoms. The highest BCUT2D eigenvalue weighted by atomic mass is 16.5. The Bertz CT molecular complexity index is 1670. The van der Waals surface area contributed by atoms with Gasteiger partial charge in [-0.1, -0.05) is 12.1 Å². The van der Waals surface area contributed by atoms with Crippen LogP contribution in [0.4, 0.5) is 11.8 Å². The summed E-state index contributed by atoms with van der Waals surface area (Å²) in [5.74, 6) is 1.30. The van der Waals surface area contributed by atoms with E-state index in [2.05, 4.69) is 29.0 Å². The first kappa shape index (κ1) is 31.5. The molecule has 0 aliphatic carbocycles. The van der Waals surface area contributed by atoms with Gasteiger partial charge >= 0.3 is 5.97 Å². The molecule has 2 aliphatic rings. The summed E-state index contributed by atoms with van der Waals surface area (Å²) >= 11 is 0. The predicted octanol–water partition coefficient (Wildman–Crippen LogP) is 3.64. The van der Waals surface area contributed by atoms with E-state index in [1.54, 1.807) is 31.4 Å². The zero-order valence-corrected chi connectivity index (χ0v) is 26.3. The number of nitrogens with zero attached hydrogens (tertiary/aromatic N) is 5. The van der Waals surface area contributed by atoms with Crippen LogP contribution in [0, 0.1) is 0 Å². The highest BCUT2D eigenvalue weighted by molar-refractivity contribution is 5.90. The highest BCUT2D eigenvalue weighted by Gasteiger charge is 2.27. The number of phenols is 1. The Labute approximate surface area is 268 Å². The monoisotopic (exact) mass is 628 g/mol. The number of carbonyl (C=O) groups is 1. The summed E-state index contributed by atoms with van der Waals surface area (Å²) in [5.41, 5.74) is 3.79. The van der Waals surface area contributed by atoms with Gasteiger partial charge in [0, 0.05) is 43.9 Å². The molecule has 2 saturated heterocycles. The van der Waals surface area contributed by atoms with E-state index in [1.807, 2.05) is 30.3 Å². The Balaban J connectivity index is 1.31. The number of aromatic nitrogens is 3. The van der Waals surface area contributed by atoms with Crippen LogP contribution in [0.2, 0.25) is 0 Å². The van der Waals surface area contributed by atoms with Gasteiger partial charge in [-0.05, 0) is 68.3 Å². The number of hydrogen-bond donors (Lipinski definition) is 3. The minimum atomic E-state index is -0.963. The minimum Gasteiger partial charge on any atom is -0.508 e. The van der Waals surface area contributed by atoms with Crippen LogP contribution in [0.15, 0.2) is 54.6 Å². The van der Waals surface area contributed by atoms with E-state index >= 15 is 0 Å². The fourth-order valence-corrected chi connectivity index (χ4v) is 6.07. The zero-order valence-electron chi connectivity index (χ0n) is 26.3.